The number of hydrogen-bond donors (Lipinski definition) is 6. The smallest absolute Gasteiger partial charge is 0.214 e. The molecule has 3 aliphatic heterocycles. The van der Waals surface area contributed by atoms with Gasteiger partial charge in [-0.3, -0.25) is 4.79 Å². The van der Waals surface area contributed by atoms with Crippen LogP contribution in [0.4, 0.5) is 0 Å². The Morgan fingerprint density at radius 2 is 1.80 bits per heavy atom. The SMILES string of the molecule is CC(N)=O.CC1=CCOc2cc(OC3CC(O)CC(CO)O3)ccc21.OC1CC(O)C(O)C(/C=N/OCc2ccccc2)O1. The van der Waals surface area contributed by atoms with Gasteiger partial charge in [-0.25, -0.2) is 0 Å². The molecule has 0 bridgehead atoms. The third-order valence-corrected chi connectivity index (χ3v) is 6.67. The molecule has 13 heteroatoms. The van der Waals surface area contributed by atoms with Crippen LogP contribution in [0.1, 0.15) is 44.2 Å². The molecule has 7 unspecified atom stereocenters. The largest absolute Gasteiger partial charge is 0.489 e. The van der Waals surface area contributed by atoms with Crippen LogP contribution in [0, 0.1) is 0 Å². The Hall–Kier alpha value is -3.56. The van der Waals surface area contributed by atoms with Crippen molar-refractivity contribution in [2.24, 2.45) is 10.9 Å². The monoisotopic (exact) mass is 618 g/mol. The highest BCUT2D eigenvalue weighted by atomic mass is 16.7. The van der Waals surface area contributed by atoms with Gasteiger partial charge in [0, 0.05) is 37.8 Å². The molecular weight excluding hydrogens is 576 g/mol. The second-order valence-electron chi connectivity index (χ2n) is 10.4. The maximum atomic E-state index is 9.78. The minimum atomic E-state index is -1.12. The number of hydrogen-bond acceptors (Lipinski definition) is 12. The molecule has 2 aromatic rings. The zero-order valence-corrected chi connectivity index (χ0v) is 24.8. The summed E-state index contributed by atoms with van der Waals surface area (Å²) in [5.41, 5.74) is 7.68. The van der Waals surface area contributed by atoms with E-state index in [0.29, 0.717) is 31.8 Å². The van der Waals surface area contributed by atoms with Crippen molar-refractivity contribution in [3.63, 3.8) is 0 Å². The van der Waals surface area contributed by atoms with Crippen LogP contribution in [-0.4, -0.2) is 94.0 Å². The van der Waals surface area contributed by atoms with E-state index in [1.807, 2.05) is 61.5 Å². The minimum Gasteiger partial charge on any atom is -0.489 e. The minimum absolute atomic E-state index is 0.0175. The van der Waals surface area contributed by atoms with Crippen LogP contribution in [0.5, 0.6) is 11.5 Å². The normalized spacial score (nSPS) is 27.7. The van der Waals surface area contributed by atoms with Crippen molar-refractivity contribution in [2.75, 3.05) is 13.2 Å². The number of nitrogens with zero attached hydrogens (tertiary/aromatic N) is 1. The van der Waals surface area contributed by atoms with Gasteiger partial charge >= 0.3 is 0 Å². The topological polar surface area (TPSA) is 203 Å². The highest BCUT2D eigenvalue weighted by molar-refractivity contribution is 5.71. The number of nitrogens with two attached hydrogens (primary N) is 1. The van der Waals surface area contributed by atoms with E-state index in [1.165, 1.54) is 18.7 Å². The lowest BCUT2D eigenvalue weighted by Crippen LogP contribution is -2.48. The molecule has 0 spiro atoms. The zero-order valence-electron chi connectivity index (χ0n) is 24.8. The molecule has 44 heavy (non-hydrogen) atoms. The average Bonchev–Trinajstić information content (AvgIpc) is 2.98. The summed E-state index contributed by atoms with van der Waals surface area (Å²) in [5, 5.41) is 51.0. The second kappa shape index (κ2) is 17.7. The van der Waals surface area contributed by atoms with Crippen LogP contribution in [0.25, 0.3) is 5.57 Å². The van der Waals surface area contributed by atoms with Crippen molar-refractivity contribution in [2.45, 2.75) is 82.8 Å². The molecule has 7 N–H and O–H groups in total. The third-order valence-electron chi connectivity index (χ3n) is 6.67. The van der Waals surface area contributed by atoms with E-state index in [9.17, 15) is 25.2 Å². The van der Waals surface area contributed by atoms with Crippen molar-refractivity contribution in [1.29, 1.82) is 0 Å². The molecule has 2 fully saturated rings. The summed E-state index contributed by atoms with van der Waals surface area (Å²) < 4.78 is 22.0. The van der Waals surface area contributed by atoms with E-state index >= 15 is 0 Å². The van der Waals surface area contributed by atoms with Gasteiger partial charge < -0.3 is 55.1 Å². The highest BCUT2D eigenvalue weighted by Gasteiger charge is 2.35. The molecular formula is C31H42N2O11. The fourth-order valence-corrected chi connectivity index (χ4v) is 4.48. The quantitative estimate of drug-likeness (QED) is 0.192. The van der Waals surface area contributed by atoms with Gasteiger partial charge in [-0.15, -0.1) is 0 Å². The van der Waals surface area contributed by atoms with Gasteiger partial charge in [0.25, 0.3) is 0 Å². The maximum Gasteiger partial charge on any atom is 0.214 e. The Kier molecular flexibility index (Phi) is 14.0. The first-order valence-electron chi connectivity index (χ1n) is 14.3. The predicted molar refractivity (Wildman–Crippen MR) is 159 cm³/mol. The Morgan fingerprint density at radius 3 is 2.50 bits per heavy atom. The molecule has 242 valence electrons. The number of amides is 1. The summed E-state index contributed by atoms with van der Waals surface area (Å²) in [6.07, 6.45) is -1.49. The van der Waals surface area contributed by atoms with Gasteiger partial charge in [0.15, 0.2) is 6.29 Å². The molecule has 3 heterocycles. The molecule has 2 saturated heterocycles. The highest BCUT2D eigenvalue weighted by Crippen LogP contribution is 2.34. The number of carbonyl (C=O) groups excluding carboxylic acids is 1. The Bertz CT molecular complexity index is 1220. The molecule has 7 atom stereocenters. The number of aliphatic hydroxyl groups excluding tert-OH is 5. The number of primary amides is 1. The predicted octanol–water partition coefficient (Wildman–Crippen LogP) is 1.23. The Balaban J connectivity index is 0.000000216. The van der Waals surface area contributed by atoms with Crippen molar-refractivity contribution >= 4 is 17.7 Å². The van der Waals surface area contributed by atoms with Gasteiger partial charge in [0.1, 0.15) is 36.9 Å². The summed E-state index contributed by atoms with van der Waals surface area (Å²) in [5.74, 6) is 1.10. The van der Waals surface area contributed by atoms with Crippen molar-refractivity contribution in [1.82, 2.24) is 0 Å². The molecule has 0 saturated carbocycles. The van der Waals surface area contributed by atoms with Crippen molar-refractivity contribution in [3.05, 3.63) is 65.7 Å². The lowest BCUT2D eigenvalue weighted by atomic mass is 10.0. The number of benzene rings is 2. The van der Waals surface area contributed by atoms with Crippen molar-refractivity contribution in [3.8, 4) is 11.5 Å². The van der Waals surface area contributed by atoms with E-state index in [2.05, 4.69) is 10.9 Å². The molecule has 1 amide bonds. The van der Waals surface area contributed by atoms with E-state index in [4.69, 9.17) is 28.9 Å². The average molecular weight is 619 g/mol. The molecule has 13 nitrogen and oxygen atoms in total. The summed E-state index contributed by atoms with van der Waals surface area (Å²) in [6.45, 7) is 4.10. The van der Waals surface area contributed by atoms with Crippen molar-refractivity contribution < 1.29 is 54.1 Å². The number of aliphatic hydroxyl groups is 5. The fourth-order valence-electron chi connectivity index (χ4n) is 4.48. The molecule has 0 aromatic heterocycles. The zero-order chi connectivity index (χ0) is 32.1. The number of fused-ring (bicyclic) bond motifs is 1. The van der Waals surface area contributed by atoms with Gasteiger partial charge in [0.2, 0.25) is 12.2 Å². The maximum absolute atomic E-state index is 9.78. The molecule has 0 radical (unpaired) electrons. The van der Waals surface area contributed by atoms with E-state index in [-0.39, 0.29) is 25.0 Å². The molecule has 2 aromatic carbocycles. The Labute approximate surface area is 256 Å². The Morgan fingerprint density at radius 1 is 1.07 bits per heavy atom. The number of oxime groups is 1. The lowest BCUT2D eigenvalue weighted by Gasteiger charge is -2.32. The molecule has 5 rings (SSSR count). The third kappa shape index (κ3) is 11.5. The number of carbonyl (C=O) groups is 1. The summed E-state index contributed by atoms with van der Waals surface area (Å²) in [4.78, 5) is 14.3. The van der Waals surface area contributed by atoms with Crippen LogP contribution in [0.3, 0.4) is 0 Å². The van der Waals surface area contributed by atoms with Gasteiger partial charge in [-0.1, -0.05) is 35.5 Å². The second-order valence-corrected chi connectivity index (χ2v) is 10.4. The first-order valence-corrected chi connectivity index (χ1v) is 14.3. The van der Waals surface area contributed by atoms with Gasteiger partial charge in [-0.2, -0.15) is 0 Å². The molecule has 3 aliphatic rings. The molecule has 0 aliphatic carbocycles. The summed E-state index contributed by atoms with van der Waals surface area (Å²) >= 11 is 0. The standard InChI is InChI=1S/C16H20O5.C13H17NO5.C2H5NO/c1-10-4-5-19-15-8-12(2-3-14(10)15)20-16-7-11(18)6-13(9-17)21-16;15-10-6-12(16)19-11(13(10)17)7-14-18-8-9-4-2-1-3-5-9;1-2(3)4/h2-4,8,11,13,16-18H,5-7,9H2,1H3;1-5,7,10-13,15-17H,6,8H2;1H3,(H2,3,4)/b;14-7+;. The van der Waals surface area contributed by atoms with Crippen LogP contribution in [-0.2, 0) is 25.7 Å². The van der Waals surface area contributed by atoms with E-state index in [1.54, 1.807) is 0 Å². The first-order chi connectivity index (χ1) is 21.0. The van der Waals surface area contributed by atoms with Gasteiger partial charge in [-0.05, 0) is 36.3 Å². The number of allylic oxidation sites excluding steroid dienone is 1. The van der Waals surface area contributed by atoms with E-state index in [0.717, 1.165) is 16.9 Å². The van der Waals surface area contributed by atoms with Gasteiger partial charge in [0.05, 0.1) is 31.1 Å². The van der Waals surface area contributed by atoms with E-state index < -0.39 is 37.0 Å². The number of ether oxygens (including phenoxy) is 4. The lowest BCUT2D eigenvalue weighted by molar-refractivity contribution is -0.211. The van der Waals surface area contributed by atoms with Crippen LogP contribution < -0.4 is 15.2 Å². The summed E-state index contributed by atoms with van der Waals surface area (Å²) in [7, 11) is 0. The fraction of sp³-hybridized carbons (Fsp3) is 0.484. The summed E-state index contributed by atoms with van der Waals surface area (Å²) in [6, 6.07) is 15.1. The number of rotatable bonds is 7. The van der Waals surface area contributed by atoms with Crippen LogP contribution in [0.2, 0.25) is 0 Å². The first kappa shape index (κ1) is 34.9. The van der Waals surface area contributed by atoms with Crippen LogP contribution >= 0.6 is 0 Å². The van der Waals surface area contributed by atoms with Crippen LogP contribution in [0.15, 0.2) is 59.8 Å².